The molecule has 2 heterocycles. The number of hydrogen-bond acceptors (Lipinski definition) is 8. The average molecular weight is 317 g/mol. The van der Waals surface area contributed by atoms with Crippen LogP contribution in [0.4, 0.5) is 5.82 Å². The molecule has 0 saturated carbocycles. The van der Waals surface area contributed by atoms with E-state index in [2.05, 4.69) is 16.0 Å². The maximum Gasteiger partial charge on any atom is 0.368 e. The lowest BCUT2D eigenvalue weighted by molar-refractivity contribution is -0.0945. The van der Waals surface area contributed by atoms with Crippen LogP contribution in [0.5, 0.6) is 0 Å². The number of nitrogens with two attached hydrogens (primary N) is 1. The molecule has 1 aliphatic rings. The van der Waals surface area contributed by atoms with Gasteiger partial charge in [0.05, 0.1) is 12.3 Å². The van der Waals surface area contributed by atoms with Gasteiger partial charge in [-0.25, -0.2) is 4.79 Å². The lowest BCUT2D eigenvalue weighted by Crippen LogP contribution is -2.49. The third-order valence-corrected chi connectivity index (χ3v) is 3.20. The Labute approximate surface area is 123 Å². The monoisotopic (exact) mass is 316 g/mol. The van der Waals surface area contributed by atoms with Crippen LogP contribution in [-0.2, 0) is 4.74 Å². The first-order valence-electron chi connectivity index (χ1n) is 5.89. The number of nitrogens with zero attached hydrogens (tertiary/aromatic N) is 3. The maximum atomic E-state index is 11.8. The Kier molecular flexibility index (Phi) is 4.18. The van der Waals surface area contributed by atoms with Crippen molar-refractivity contribution in [3.8, 4) is 11.3 Å². The van der Waals surface area contributed by atoms with Crippen LogP contribution >= 0.6 is 11.6 Å². The Hall–Kier alpha value is -1.70. The molecule has 0 spiro atoms. The number of nitrogen functional groups attached to an aromatic ring is 1. The van der Waals surface area contributed by atoms with E-state index in [0.29, 0.717) is 4.68 Å². The van der Waals surface area contributed by atoms with E-state index >= 15 is 0 Å². The summed E-state index contributed by atoms with van der Waals surface area (Å²) in [5.74, 6) is 2.06. The molecular weight excluding hydrogens is 304 g/mol. The fourth-order valence-corrected chi connectivity index (χ4v) is 2.23. The molecule has 1 aliphatic heterocycles. The Balaban J connectivity index is 2.54. The van der Waals surface area contributed by atoms with Crippen LogP contribution in [0.15, 0.2) is 11.0 Å². The molecule has 1 aromatic heterocycles. The van der Waals surface area contributed by atoms with Crippen LogP contribution < -0.4 is 11.4 Å². The van der Waals surface area contributed by atoms with Crippen molar-refractivity contribution < 1.29 is 20.1 Å². The third kappa shape index (κ3) is 2.59. The minimum absolute atomic E-state index is 0.117. The van der Waals surface area contributed by atoms with Gasteiger partial charge in [0, 0.05) is 5.38 Å². The van der Waals surface area contributed by atoms with Gasteiger partial charge in [-0.3, -0.25) is 0 Å². The summed E-state index contributed by atoms with van der Waals surface area (Å²) >= 11 is 5.29. The summed E-state index contributed by atoms with van der Waals surface area (Å²) in [4.78, 5) is 15.2. The van der Waals surface area contributed by atoms with Gasteiger partial charge in [0.25, 0.3) is 0 Å². The van der Waals surface area contributed by atoms with Crippen LogP contribution in [0, 0.1) is 11.3 Å². The number of hydrogen-bond donors (Lipinski definition) is 4. The van der Waals surface area contributed by atoms with Gasteiger partial charge in [-0.2, -0.15) is 14.8 Å². The zero-order valence-electron chi connectivity index (χ0n) is 10.8. The van der Waals surface area contributed by atoms with Crippen LogP contribution in [0.3, 0.4) is 0 Å². The molecule has 1 fully saturated rings. The lowest BCUT2D eigenvalue weighted by Gasteiger charge is -2.25. The molecule has 21 heavy (non-hydrogen) atoms. The van der Waals surface area contributed by atoms with Crippen molar-refractivity contribution in [2.24, 2.45) is 0 Å². The van der Waals surface area contributed by atoms with Gasteiger partial charge in [-0.1, -0.05) is 0 Å². The van der Waals surface area contributed by atoms with E-state index in [9.17, 15) is 20.1 Å². The van der Waals surface area contributed by atoms with E-state index in [1.807, 2.05) is 5.38 Å². The van der Waals surface area contributed by atoms with Crippen LogP contribution in [0.2, 0.25) is 0 Å². The van der Waals surface area contributed by atoms with E-state index in [1.165, 1.54) is 6.92 Å². The third-order valence-electron chi connectivity index (χ3n) is 3.10. The summed E-state index contributed by atoms with van der Waals surface area (Å²) in [5, 5.41) is 35.8. The van der Waals surface area contributed by atoms with Gasteiger partial charge in [0.2, 0.25) is 5.60 Å². The summed E-state index contributed by atoms with van der Waals surface area (Å²) in [6.07, 6.45) is -4.37. The van der Waals surface area contributed by atoms with Crippen LogP contribution in [0.25, 0.3) is 0 Å². The highest BCUT2D eigenvalue weighted by atomic mass is 35.5. The summed E-state index contributed by atoms with van der Waals surface area (Å²) in [6.45, 7) is 1.35. The van der Waals surface area contributed by atoms with Crippen molar-refractivity contribution in [1.29, 1.82) is 0 Å². The molecule has 0 radical (unpaired) electrons. The lowest BCUT2D eigenvalue weighted by atomic mass is 9.93. The summed E-state index contributed by atoms with van der Waals surface area (Å²) < 4.78 is 5.99. The first-order chi connectivity index (χ1) is 9.81. The maximum absolute atomic E-state index is 11.8. The van der Waals surface area contributed by atoms with Gasteiger partial charge in [-0.15, -0.1) is 0 Å². The Morgan fingerprint density at radius 3 is 2.86 bits per heavy atom. The Bertz CT molecular complexity index is 654. The van der Waals surface area contributed by atoms with Gasteiger partial charge in [0.1, 0.15) is 18.0 Å². The normalized spacial score (nSPS) is 33.3. The molecule has 9 nitrogen and oxygen atoms in total. The first-order valence-corrected chi connectivity index (χ1v) is 6.27. The van der Waals surface area contributed by atoms with Gasteiger partial charge < -0.3 is 25.8 Å². The molecular formula is C11H13ClN4O5. The largest absolute Gasteiger partial charge is 0.391 e. The summed E-state index contributed by atoms with van der Waals surface area (Å²) in [6, 6.07) is 0. The predicted octanol–water partition coefficient (Wildman–Crippen LogP) is -2.21. The highest BCUT2D eigenvalue weighted by molar-refractivity contribution is 6.30. The minimum atomic E-state index is -2.24. The van der Waals surface area contributed by atoms with Gasteiger partial charge in [0.15, 0.2) is 6.23 Å². The van der Waals surface area contributed by atoms with Crippen LogP contribution in [0.1, 0.15) is 13.2 Å². The first kappa shape index (κ1) is 15.7. The van der Waals surface area contributed by atoms with E-state index < -0.39 is 35.8 Å². The smallest absolute Gasteiger partial charge is 0.368 e. The number of anilines is 1. The molecule has 5 atom stereocenters. The van der Waals surface area contributed by atoms with E-state index in [4.69, 9.17) is 22.1 Å². The van der Waals surface area contributed by atoms with Crippen molar-refractivity contribution in [2.75, 3.05) is 5.73 Å². The molecule has 10 heteroatoms. The van der Waals surface area contributed by atoms with Crippen molar-refractivity contribution in [2.45, 2.75) is 37.1 Å². The molecule has 0 amide bonds. The number of aromatic nitrogens is 3. The number of aliphatic hydroxyl groups excluding tert-OH is 2. The molecule has 0 bridgehead atoms. The fraction of sp³-hybridized carbons (Fsp3) is 0.545. The van der Waals surface area contributed by atoms with E-state index in [-0.39, 0.29) is 5.82 Å². The number of rotatable bonds is 2. The van der Waals surface area contributed by atoms with Gasteiger partial charge in [-0.05, 0) is 24.4 Å². The average Bonchev–Trinajstić information content (AvgIpc) is 2.64. The molecule has 0 aliphatic carbocycles. The Morgan fingerprint density at radius 1 is 1.67 bits per heavy atom. The standard InChI is InChI=1S/C11H13ClN4O5/c1-5(17)7-8(18)11(20,2-3-12)9(21-7)16-10(19)15-6(13)4-14-16/h4-5,7-9,17-18,20H,1H3,(H2,13,15,19)/t5-,7+,8-,9+,11?/m0/s1. The summed E-state index contributed by atoms with van der Waals surface area (Å²) in [7, 11) is 0. The molecule has 1 aromatic rings. The van der Waals surface area contributed by atoms with Crippen molar-refractivity contribution >= 4 is 17.4 Å². The van der Waals surface area contributed by atoms with E-state index in [0.717, 1.165) is 6.20 Å². The zero-order chi connectivity index (χ0) is 15.8. The quantitative estimate of drug-likeness (QED) is 0.450. The van der Waals surface area contributed by atoms with E-state index in [1.54, 1.807) is 0 Å². The van der Waals surface area contributed by atoms with Crippen LogP contribution in [-0.4, -0.2) is 54.0 Å². The van der Waals surface area contributed by atoms with Gasteiger partial charge >= 0.3 is 5.69 Å². The molecule has 1 unspecified atom stereocenters. The number of aliphatic hydroxyl groups is 3. The highest BCUT2D eigenvalue weighted by Crippen LogP contribution is 2.38. The predicted molar refractivity (Wildman–Crippen MR) is 70.9 cm³/mol. The minimum Gasteiger partial charge on any atom is -0.391 e. The SMILES string of the molecule is C[C@H](O)[C@H]1O[C@@H](n2ncc(N)nc2=O)C(O)(C#CCl)[C@H]1O. The molecule has 2 rings (SSSR count). The highest BCUT2D eigenvalue weighted by Gasteiger charge is 2.58. The topological polar surface area (TPSA) is 144 Å². The van der Waals surface area contributed by atoms with Crippen molar-refractivity contribution in [1.82, 2.24) is 14.8 Å². The fourth-order valence-electron chi connectivity index (χ4n) is 2.08. The Morgan fingerprint density at radius 2 is 2.33 bits per heavy atom. The second-order valence-corrected chi connectivity index (χ2v) is 4.78. The van der Waals surface area contributed by atoms with Crippen molar-refractivity contribution in [3.63, 3.8) is 0 Å². The van der Waals surface area contributed by atoms with Crippen molar-refractivity contribution in [3.05, 3.63) is 16.7 Å². The molecule has 114 valence electrons. The second kappa shape index (κ2) is 5.59. The second-order valence-electron chi connectivity index (χ2n) is 4.59. The number of halogens is 1. The molecule has 0 aromatic carbocycles. The molecule has 1 saturated heterocycles. The number of ether oxygens (including phenoxy) is 1. The zero-order valence-corrected chi connectivity index (χ0v) is 11.6. The summed E-state index contributed by atoms with van der Waals surface area (Å²) in [5.41, 5.74) is 2.18. The molecule has 5 N–H and O–H groups in total.